The molecule has 0 heterocycles. The van der Waals surface area contributed by atoms with Crippen LogP contribution in [0.1, 0.15) is 26.2 Å². The lowest BCUT2D eigenvalue weighted by Gasteiger charge is -2.07. The zero-order chi connectivity index (χ0) is 12.3. The van der Waals surface area contributed by atoms with Crippen LogP contribution in [0, 0.1) is 5.92 Å². The average molecular weight is 233 g/mol. The molecule has 0 bridgehead atoms. The standard InChI is InChI=1S/C13H15NO3/c1-2-12(15)17-11-5-3-4-10(8-11)14-13(16)9-6-7-9/h3-5,8-9H,2,6-7H2,1H3,(H,14,16). The maximum atomic E-state index is 11.5. The second-order valence-corrected chi connectivity index (χ2v) is 4.12. The van der Waals surface area contributed by atoms with Crippen LogP contribution in [-0.4, -0.2) is 11.9 Å². The van der Waals surface area contributed by atoms with Crippen molar-refractivity contribution in [1.29, 1.82) is 0 Å². The topological polar surface area (TPSA) is 55.4 Å². The van der Waals surface area contributed by atoms with Crippen molar-refractivity contribution in [3.63, 3.8) is 0 Å². The van der Waals surface area contributed by atoms with Crippen molar-refractivity contribution >= 4 is 17.6 Å². The second kappa shape index (κ2) is 4.99. The number of nitrogens with one attached hydrogen (secondary N) is 1. The van der Waals surface area contributed by atoms with Crippen LogP contribution in [0.15, 0.2) is 24.3 Å². The first kappa shape index (κ1) is 11.6. The monoisotopic (exact) mass is 233 g/mol. The number of amides is 1. The van der Waals surface area contributed by atoms with Gasteiger partial charge in [0, 0.05) is 24.1 Å². The minimum absolute atomic E-state index is 0.0453. The predicted octanol–water partition coefficient (Wildman–Crippen LogP) is 2.35. The van der Waals surface area contributed by atoms with E-state index in [2.05, 4.69) is 5.32 Å². The van der Waals surface area contributed by atoms with E-state index in [4.69, 9.17) is 4.74 Å². The molecule has 0 aliphatic heterocycles. The molecule has 1 saturated carbocycles. The van der Waals surface area contributed by atoms with Crippen LogP contribution in [0.4, 0.5) is 5.69 Å². The van der Waals surface area contributed by atoms with Gasteiger partial charge in [-0.1, -0.05) is 13.0 Å². The molecule has 1 aliphatic rings. The molecule has 2 rings (SSSR count). The Kier molecular flexibility index (Phi) is 3.42. The van der Waals surface area contributed by atoms with E-state index in [1.807, 2.05) is 0 Å². The molecule has 0 spiro atoms. The first-order valence-electron chi connectivity index (χ1n) is 5.80. The van der Waals surface area contributed by atoms with Crippen LogP contribution in [-0.2, 0) is 9.59 Å². The summed E-state index contributed by atoms with van der Waals surface area (Å²) in [6.07, 6.45) is 2.27. The Hall–Kier alpha value is -1.84. The Morgan fingerprint density at radius 2 is 2.18 bits per heavy atom. The summed E-state index contributed by atoms with van der Waals surface area (Å²) in [7, 11) is 0. The molecule has 1 fully saturated rings. The third-order valence-corrected chi connectivity index (χ3v) is 2.57. The van der Waals surface area contributed by atoms with Crippen molar-refractivity contribution < 1.29 is 14.3 Å². The smallest absolute Gasteiger partial charge is 0.310 e. The highest BCUT2D eigenvalue weighted by Gasteiger charge is 2.29. The van der Waals surface area contributed by atoms with Gasteiger partial charge in [-0.15, -0.1) is 0 Å². The van der Waals surface area contributed by atoms with Crippen molar-refractivity contribution in [3.05, 3.63) is 24.3 Å². The van der Waals surface area contributed by atoms with E-state index in [-0.39, 0.29) is 17.8 Å². The predicted molar refractivity (Wildman–Crippen MR) is 63.7 cm³/mol. The minimum atomic E-state index is -0.282. The third kappa shape index (κ3) is 3.31. The van der Waals surface area contributed by atoms with Crippen molar-refractivity contribution in [2.24, 2.45) is 5.92 Å². The van der Waals surface area contributed by atoms with Crippen molar-refractivity contribution in [2.45, 2.75) is 26.2 Å². The number of benzene rings is 1. The number of ether oxygens (including phenoxy) is 1. The lowest BCUT2D eigenvalue weighted by molar-refractivity contribution is -0.134. The first-order chi connectivity index (χ1) is 8.19. The van der Waals surface area contributed by atoms with Gasteiger partial charge in [0.2, 0.25) is 5.91 Å². The van der Waals surface area contributed by atoms with Gasteiger partial charge >= 0.3 is 5.97 Å². The van der Waals surface area contributed by atoms with Crippen molar-refractivity contribution in [1.82, 2.24) is 0 Å². The molecule has 4 nitrogen and oxygen atoms in total. The van der Waals surface area contributed by atoms with Gasteiger partial charge in [0.15, 0.2) is 0 Å². The first-order valence-corrected chi connectivity index (χ1v) is 5.80. The molecule has 4 heteroatoms. The summed E-state index contributed by atoms with van der Waals surface area (Å²) < 4.78 is 5.07. The highest BCUT2D eigenvalue weighted by Crippen LogP contribution is 2.30. The van der Waals surface area contributed by atoms with E-state index in [9.17, 15) is 9.59 Å². The van der Waals surface area contributed by atoms with Gasteiger partial charge in [0.1, 0.15) is 5.75 Å². The van der Waals surface area contributed by atoms with Crippen LogP contribution >= 0.6 is 0 Å². The number of carbonyl (C=O) groups is 2. The van der Waals surface area contributed by atoms with E-state index in [0.29, 0.717) is 17.9 Å². The van der Waals surface area contributed by atoms with Crippen molar-refractivity contribution in [2.75, 3.05) is 5.32 Å². The normalized spacial score (nSPS) is 14.2. The number of anilines is 1. The van der Waals surface area contributed by atoms with E-state index in [1.165, 1.54) is 0 Å². The van der Waals surface area contributed by atoms with Crippen LogP contribution in [0.2, 0.25) is 0 Å². The summed E-state index contributed by atoms with van der Waals surface area (Å²) in [5.41, 5.74) is 0.670. The Balaban J connectivity index is 2.00. The number of hydrogen-bond donors (Lipinski definition) is 1. The summed E-state index contributed by atoms with van der Waals surface area (Å²) >= 11 is 0. The molecule has 1 aromatic rings. The molecule has 0 unspecified atom stereocenters. The summed E-state index contributed by atoms with van der Waals surface area (Å²) in [4.78, 5) is 22.7. The van der Waals surface area contributed by atoms with Gasteiger partial charge in [0.05, 0.1) is 0 Å². The summed E-state index contributed by atoms with van der Waals surface area (Å²) in [6, 6.07) is 6.89. The number of hydrogen-bond acceptors (Lipinski definition) is 3. The summed E-state index contributed by atoms with van der Waals surface area (Å²) in [5, 5.41) is 2.81. The van der Waals surface area contributed by atoms with Gasteiger partial charge < -0.3 is 10.1 Å². The van der Waals surface area contributed by atoms with E-state index >= 15 is 0 Å². The zero-order valence-corrected chi connectivity index (χ0v) is 9.73. The molecule has 0 atom stereocenters. The SMILES string of the molecule is CCC(=O)Oc1cccc(NC(=O)C2CC2)c1. The van der Waals surface area contributed by atoms with Gasteiger partial charge in [0.25, 0.3) is 0 Å². The Morgan fingerprint density at radius 1 is 1.41 bits per heavy atom. The average Bonchev–Trinajstić information content (AvgIpc) is 3.13. The van der Waals surface area contributed by atoms with E-state index < -0.39 is 0 Å². The molecule has 0 radical (unpaired) electrons. The summed E-state index contributed by atoms with van der Waals surface area (Å²) in [6.45, 7) is 1.74. The molecule has 1 amide bonds. The maximum absolute atomic E-state index is 11.5. The van der Waals surface area contributed by atoms with Gasteiger partial charge in [-0.2, -0.15) is 0 Å². The lowest BCUT2D eigenvalue weighted by atomic mass is 10.3. The molecule has 0 saturated heterocycles. The zero-order valence-electron chi connectivity index (χ0n) is 9.73. The molecule has 0 aromatic heterocycles. The maximum Gasteiger partial charge on any atom is 0.310 e. The Morgan fingerprint density at radius 3 is 2.82 bits per heavy atom. The summed E-state index contributed by atoms with van der Waals surface area (Å²) in [5.74, 6) is 0.391. The largest absolute Gasteiger partial charge is 0.426 e. The van der Waals surface area contributed by atoms with E-state index in [1.54, 1.807) is 31.2 Å². The van der Waals surface area contributed by atoms with Gasteiger partial charge in [-0.05, 0) is 25.0 Å². The highest BCUT2D eigenvalue weighted by molar-refractivity contribution is 5.94. The molecule has 90 valence electrons. The Bertz CT molecular complexity index is 438. The second-order valence-electron chi connectivity index (χ2n) is 4.12. The molecule has 1 aliphatic carbocycles. The molecule has 17 heavy (non-hydrogen) atoms. The Labute approximate surface area is 100.0 Å². The van der Waals surface area contributed by atoms with Crippen LogP contribution in [0.3, 0.4) is 0 Å². The fraction of sp³-hybridized carbons (Fsp3) is 0.385. The molecule has 1 N–H and O–H groups in total. The fourth-order valence-corrected chi connectivity index (χ4v) is 1.43. The highest BCUT2D eigenvalue weighted by atomic mass is 16.5. The molecule has 1 aromatic carbocycles. The number of carbonyl (C=O) groups excluding carboxylic acids is 2. The fourth-order valence-electron chi connectivity index (χ4n) is 1.43. The van der Waals surface area contributed by atoms with Crippen LogP contribution in [0.5, 0.6) is 5.75 Å². The van der Waals surface area contributed by atoms with E-state index in [0.717, 1.165) is 12.8 Å². The van der Waals surface area contributed by atoms with Gasteiger partial charge in [-0.25, -0.2) is 0 Å². The van der Waals surface area contributed by atoms with Gasteiger partial charge in [-0.3, -0.25) is 9.59 Å². The number of rotatable bonds is 4. The lowest BCUT2D eigenvalue weighted by Crippen LogP contribution is -2.13. The number of esters is 1. The third-order valence-electron chi connectivity index (χ3n) is 2.57. The van der Waals surface area contributed by atoms with Crippen LogP contribution < -0.4 is 10.1 Å². The van der Waals surface area contributed by atoms with Crippen LogP contribution in [0.25, 0.3) is 0 Å². The molecular formula is C13H15NO3. The van der Waals surface area contributed by atoms with Crippen molar-refractivity contribution in [3.8, 4) is 5.75 Å². The quantitative estimate of drug-likeness (QED) is 0.641. The minimum Gasteiger partial charge on any atom is -0.426 e. The molecular weight excluding hydrogens is 218 g/mol.